The van der Waals surface area contributed by atoms with Gasteiger partial charge in [-0.3, -0.25) is 9.59 Å². The zero-order chi connectivity index (χ0) is 27.8. The van der Waals surface area contributed by atoms with Crippen LogP contribution in [-0.2, 0) is 4.79 Å². The van der Waals surface area contributed by atoms with Crippen LogP contribution in [0.4, 0.5) is 5.82 Å². The predicted molar refractivity (Wildman–Crippen MR) is 156 cm³/mol. The van der Waals surface area contributed by atoms with Gasteiger partial charge in [0.15, 0.2) is 5.82 Å². The first-order chi connectivity index (χ1) is 18.9. The highest BCUT2D eigenvalue weighted by Crippen LogP contribution is 2.20. The number of aromatic nitrogens is 2. The molecular weight excluding hydrogens is 488 g/mol. The van der Waals surface area contributed by atoms with Gasteiger partial charge in [0.2, 0.25) is 5.91 Å². The number of benzene rings is 2. The van der Waals surface area contributed by atoms with Crippen LogP contribution in [-0.4, -0.2) is 95.6 Å². The summed E-state index contributed by atoms with van der Waals surface area (Å²) < 4.78 is 0. The molecule has 39 heavy (non-hydrogen) atoms. The van der Waals surface area contributed by atoms with Crippen molar-refractivity contribution >= 4 is 17.6 Å². The molecule has 8 nitrogen and oxygen atoms in total. The fraction of sp³-hybridized carbons (Fsp3) is 0.419. The molecular formula is C31H40N6O2. The number of aryl methyl sites for hydroxylation is 2. The Morgan fingerprint density at radius 2 is 1.38 bits per heavy atom. The Morgan fingerprint density at radius 3 is 1.95 bits per heavy atom. The van der Waals surface area contributed by atoms with Crippen LogP contribution < -0.4 is 4.90 Å². The van der Waals surface area contributed by atoms with E-state index in [1.807, 2.05) is 48.2 Å². The lowest BCUT2D eigenvalue weighted by Crippen LogP contribution is -2.52. The van der Waals surface area contributed by atoms with Crippen LogP contribution in [0.1, 0.15) is 35.3 Å². The lowest BCUT2D eigenvalue weighted by Gasteiger charge is -2.36. The standard InChI is InChI=1S/C31H40N6O2/c1-5-34(6-2)17-18-37(31(39)27-13-9-25(4)10-14-27)23-30(38)36-21-19-35(20-22-36)29-16-15-28(32-33-29)26-11-7-24(3)8-12-26/h7-16H,5-6,17-23H2,1-4H3. The lowest BCUT2D eigenvalue weighted by molar-refractivity contribution is -0.132. The number of piperazine rings is 1. The summed E-state index contributed by atoms with van der Waals surface area (Å²) in [5.74, 6) is 0.696. The summed E-state index contributed by atoms with van der Waals surface area (Å²) in [5.41, 5.74) is 4.81. The Balaban J connectivity index is 1.36. The summed E-state index contributed by atoms with van der Waals surface area (Å²) in [6.07, 6.45) is 0. The van der Waals surface area contributed by atoms with Gasteiger partial charge in [0, 0.05) is 50.4 Å². The fourth-order valence-electron chi connectivity index (χ4n) is 4.75. The van der Waals surface area contributed by atoms with Gasteiger partial charge in [-0.15, -0.1) is 10.2 Å². The molecule has 3 aromatic rings. The average Bonchev–Trinajstić information content (AvgIpc) is 2.97. The van der Waals surface area contributed by atoms with Crippen LogP contribution in [0.25, 0.3) is 11.3 Å². The number of hydrogen-bond donors (Lipinski definition) is 0. The molecule has 0 N–H and O–H groups in total. The number of carbonyl (C=O) groups is 2. The summed E-state index contributed by atoms with van der Waals surface area (Å²) in [4.78, 5) is 34.7. The van der Waals surface area contributed by atoms with E-state index < -0.39 is 0 Å². The Morgan fingerprint density at radius 1 is 0.769 bits per heavy atom. The number of rotatable bonds is 10. The van der Waals surface area contributed by atoms with Crippen LogP contribution in [0.15, 0.2) is 60.7 Å². The van der Waals surface area contributed by atoms with Crippen molar-refractivity contribution in [2.24, 2.45) is 0 Å². The van der Waals surface area contributed by atoms with Crippen LogP contribution in [0, 0.1) is 13.8 Å². The molecule has 2 aromatic carbocycles. The van der Waals surface area contributed by atoms with Gasteiger partial charge >= 0.3 is 0 Å². The van der Waals surface area contributed by atoms with Gasteiger partial charge in [-0.05, 0) is 51.2 Å². The first-order valence-corrected chi connectivity index (χ1v) is 13.9. The van der Waals surface area contributed by atoms with Crippen LogP contribution >= 0.6 is 0 Å². The van der Waals surface area contributed by atoms with Crippen molar-refractivity contribution < 1.29 is 9.59 Å². The quantitative estimate of drug-likeness (QED) is 0.398. The molecule has 4 rings (SSSR count). The van der Waals surface area contributed by atoms with Gasteiger partial charge < -0.3 is 19.6 Å². The normalized spacial score (nSPS) is 13.6. The Kier molecular flexibility index (Phi) is 9.65. The summed E-state index contributed by atoms with van der Waals surface area (Å²) >= 11 is 0. The maximum atomic E-state index is 13.4. The second-order valence-corrected chi connectivity index (χ2v) is 10.1. The van der Waals surface area contributed by atoms with E-state index in [-0.39, 0.29) is 18.4 Å². The smallest absolute Gasteiger partial charge is 0.254 e. The highest BCUT2D eigenvalue weighted by Gasteiger charge is 2.26. The molecule has 1 saturated heterocycles. The van der Waals surface area contributed by atoms with E-state index in [2.05, 4.69) is 65.0 Å². The number of hydrogen-bond acceptors (Lipinski definition) is 6. The van der Waals surface area contributed by atoms with Gasteiger partial charge in [-0.1, -0.05) is 61.4 Å². The third-order valence-electron chi connectivity index (χ3n) is 7.45. The molecule has 0 unspecified atom stereocenters. The molecule has 0 radical (unpaired) electrons. The molecule has 1 aliphatic heterocycles. The van der Waals surface area contributed by atoms with E-state index >= 15 is 0 Å². The minimum absolute atomic E-state index is 0.0181. The van der Waals surface area contributed by atoms with E-state index in [9.17, 15) is 9.59 Å². The van der Waals surface area contributed by atoms with Crippen molar-refractivity contribution in [3.8, 4) is 11.3 Å². The summed E-state index contributed by atoms with van der Waals surface area (Å²) in [6.45, 7) is 14.0. The zero-order valence-corrected chi connectivity index (χ0v) is 23.6. The van der Waals surface area contributed by atoms with Crippen molar-refractivity contribution in [3.63, 3.8) is 0 Å². The number of amides is 2. The number of nitrogens with zero attached hydrogens (tertiary/aromatic N) is 6. The second-order valence-electron chi connectivity index (χ2n) is 10.1. The largest absolute Gasteiger partial charge is 0.352 e. The van der Waals surface area contributed by atoms with Crippen molar-refractivity contribution in [3.05, 3.63) is 77.4 Å². The number of likely N-dealkylation sites (N-methyl/N-ethyl adjacent to an activating group) is 1. The molecule has 8 heteroatoms. The van der Waals surface area contributed by atoms with Gasteiger partial charge in [0.1, 0.15) is 6.54 Å². The number of carbonyl (C=O) groups excluding carboxylic acids is 2. The average molecular weight is 529 g/mol. The van der Waals surface area contributed by atoms with E-state index in [4.69, 9.17) is 0 Å². The predicted octanol–water partition coefficient (Wildman–Crippen LogP) is 3.89. The molecule has 1 fully saturated rings. The summed E-state index contributed by atoms with van der Waals surface area (Å²) in [5, 5.41) is 8.88. The van der Waals surface area contributed by atoms with E-state index in [1.165, 1.54) is 5.56 Å². The Labute approximate surface area is 232 Å². The highest BCUT2D eigenvalue weighted by atomic mass is 16.2. The topological polar surface area (TPSA) is 72.9 Å². The van der Waals surface area contributed by atoms with Gasteiger partial charge in [0.05, 0.1) is 5.69 Å². The van der Waals surface area contributed by atoms with Crippen molar-refractivity contribution in [1.29, 1.82) is 0 Å². The Hall–Kier alpha value is -3.78. The monoisotopic (exact) mass is 528 g/mol. The highest BCUT2D eigenvalue weighted by molar-refractivity contribution is 5.96. The summed E-state index contributed by atoms with van der Waals surface area (Å²) in [6, 6.07) is 19.8. The maximum Gasteiger partial charge on any atom is 0.254 e. The van der Waals surface area contributed by atoms with Crippen molar-refractivity contribution in [2.45, 2.75) is 27.7 Å². The van der Waals surface area contributed by atoms with Crippen LogP contribution in [0.3, 0.4) is 0 Å². The molecule has 0 saturated carbocycles. The van der Waals surface area contributed by atoms with Crippen molar-refractivity contribution in [1.82, 2.24) is 24.9 Å². The van der Waals surface area contributed by atoms with Crippen LogP contribution in [0.5, 0.6) is 0 Å². The number of anilines is 1. The fourth-order valence-corrected chi connectivity index (χ4v) is 4.75. The molecule has 1 aliphatic rings. The minimum atomic E-state index is -0.0990. The van der Waals surface area contributed by atoms with Gasteiger partial charge in [0.25, 0.3) is 5.91 Å². The molecule has 0 spiro atoms. The first kappa shape index (κ1) is 28.2. The SMILES string of the molecule is CCN(CC)CCN(CC(=O)N1CCN(c2ccc(-c3ccc(C)cc3)nn2)CC1)C(=O)c1ccc(C)cc1. The molecule has 0 bridgehead atoms. The third-order valence-corrected chi connectivity index (χ3v) is 7.45. The Bertz CT molecular complexity index is 1220. The van der Waals surface area contributed by atoms with Crippen LogP contribution in [0.2, 0.25) is 0 Å². The van der Waals surface area contributed by atoms with E-state index in [0.29, 0.717) is 38.3 Å². The lowest BCUT2D eigenvalue weighted by atomic mass is 10.1. The van der Waals surface area contributed by atoms with E-state index in [1.54, 1.807) is 4.90 Å². The summed E-state index contributed by atoms with van der Waals surface area (Å²) in [7, 11) is 0. The van der Waals surface area contributed by atoms with Gasteiger partial charge in [-0.2, -0.15) is 0 Å². The molecule has 2 amide bonds. The molecule has 2 heterocycles. The molecule has 206 valence electrons. The molecule has 1 aromatic heterocycles. The first-order valence-electron chi connectivity index (χ1n) is 13.9. The third kappa shape index (κ3) is 7.41. The molecule has 0 aliphatic carbocycles. The molecule has 0 atom stereocenters. The van der Waals surface area contributed by atoms with E-state index in [0.717, 1.165) is 42.3 Å². The zero-order valence-electron chi connectivity index (χ0n) is 23.6. The second kappa shape index (κ2) is 13.3. The maximum absolute atomic E-state index is 13.4. The van der Waals surface area contributed by atoms with Gasteiger partial charge in [-0.25, -0.2) is 0 Å². The minimum Gasteiger partial charge on any atom is -0.352 e. The van der Waals surface area contributed by atoms with Crippen molar-refractivity contribution in [2.75, 3.05) is 63.8 Å².